The fourth-order valence-corrected chi connectivity index (χ4v) is 1.46. The summed E-state index contributed by atoms with van der Waals surface area (Å²) in [6, 6.07) is 3.89. The summed E-state index contributed by atoms with van der Waals surface area (Å²) in [5.74, 6) is -1.30. The van der Waals surface area contributed by atoms with E-state index >= 15 is 0 Å². The first-order chi connectivity index (χ1) is 7.79. The maximum Gasteiger partial charge on any atom is 0.389 e. The average Bonchev–Trinajstić information content (AvgIpc) is 2.21. The van der Waals surface area contributed by atoms with Crippen LogP contribution in [0.2, 0.25) is 5.02 Å². The zero-order valence-corrected chi connectivity index (χ0v) is 9.41. The number of carbonyl (C=O) groups is 1. The van der Waals surface area contributed by atoms with Crippen molar-refractivity contribution in [2.24, 2.45) is 0 Å². The minimum Gasteiger partial charge on any atom is -0.299 e. The van der Waals surface area contributed by atoms with E-state index < -0.39 is 30.6 Å². The van der Waals surface area contributed by atoms with Gasteiger partial charge in [0.15, 0.2) is 0 Å². The SMILES string of the molecule is O=C(CCC(F)(F)F)Cc1cccc(F)c1Cl. The highest BCUT2D eigenvalue weighted by Gasteiger charge is 2.27. The third-order valence-electron chi connectivity index (χ3n) is 2.11. The number of benzene rings is 1. The lowest BCUT2D eigenvalue weighted by Gasteiger charge is -2.06. The van der Waals surface area contributed by atoms with Crippen LogP contribution in [0.15, 0.2) is 18.2 Å². The van der Waals surface area contributed by atoms with E-state index in [4.69, 9.17) is 11.6 Å². The molecule has 0 fully saturated rings. The van der Waals surface area contributed by atoms with Gasteiger partial charge < -0.3 is 0 Å². The summed E-state index contributed by atoms with van der Waals surface area (Å²) < 4.78 is 48.6. The van der Waals surface area contributed by atoms with Crippen LogP contribution in [0.5, 0.6) is 0 Å². The molecule has 1 nitrogen and oxygen atoms in total. The highest BCUT2D eigenvalue weighted by atomic mass is 35.5. The van der Waals surface area contributed by atoms with Gasteiger partial charge in [-0.1, -0.05) is 23.7 Å². The number of halogens is 5. The van der Waals surface area contributed by atoms with Crippen LogP contribution in [0.1, 0.15) is 18.4 Å². The summed E-state index contributed by atoms with van der Waals surface area (Å²) in [5.41, 5.74) is 0.207. The van der Waals surface area contributed by atoms with Crippen molar-refractivity contribution in [2.75, 3.05) is 0 Å². The molecular formula is C11H9ClF4O. The van der Waals surface area contributed by atoms with Crippen molar-refractivity contribution < 1.29 is 22.4 Å². The number of hydrogen-bond donors (Lipinski definition) is 0. The summed E-state index contributed by atoms with van der Waals surface area (Å²) in [6.45, 7) is 0. The van der Waals surface area contributed by atoms with Crippen LogP contribution in [-0.4, -0.2) is 12.0 Å². The highest BCUT2D eigenvalue weighted by Crippen LogP contribution is 2.24. The predicted molar refractivity (Wildman–Crippen MR) is 55.4 cm³/mol. The van der Waals surface area contributed by atoms with Gasteiger partial charge in [0, 0.05) is 12.8 Å². The Balaban J connectivity index is 2.60. The molecule has 1 aromatic carbocycles. The number of Topliss-reactive ketones (excluding diaryl/α,β-unsaturated/α-hetero) is 1. The normalized spacial score (nSPS) is 11.6. The monoisotopic (exact) mass is 268 g/mol. The van der Waals surface area contributed by atoms with Crippen molar-refractivity contribution in [2.45, 2.75) is 25.4 Å². The van der Waals surface area contributed by atoms with Gasteiger partial charge in [-0.3, -0.25) is 4.79 Å². The second kappa shape index (κ2) is 5.49. The third kappa shape index (κ3) is 4.73. The van der Waals surface area contributed by atoms with Crippen LogP contribution in [-0.2, 0) is 11.2 Å². The molecule has 0 saturated carbocycles. The van der Waals surface area contributed by atoms with Gasteiger partial charge in [-0.2, -0.15) is 13.2 Å². The van der Waals surface area contributed by atoms with Crippen molar-refractivity contribution >= 4 is 17.4 Å². The maximum absolute atomic E-state index is 13.0. The molecular weight excluding hydrogens is 260 g/mol. The van der Waals surface area contributed by atoms with Crippen LogP contribution >= 0.6 is 11.6 Å². The predicted octanol–water partition coefficient (Wildman–Crippen LogP) is 3.93. The van der Waals surface area contributed by atoms with Crippen LogP contribution in [0.4, 0.5) is 17.6 Å². The van der Waals surface area contributed by atoms with Gasteiger partial charge in [-0.15, -0.1) is 0 Å². The Kier molecular flexibility index (Phi) is 4.51. The van der Waals surface area contributed by atoms with Crippen LogP contribution in [0.3, 0.4) is 0 Å². The molecule has 0 aliphatic rings. The molecule has 17 heavy (non-hydrogen) atoms. The van der Waals surface area contributed by atoms with Gasteiger partial charge in [0.05, 0.1) is 11.4 Å². The van der Waals surface area contributed by atoms with Crippen molar-refractivity contribution in [1.29, 1.82) is 0 Å². The van der Waals surface area contributed by atoms with E-state index in [0.717, 1.165) is 6.07 Å². The molecule has 1 rings (SSSR count). The molecule has 6 heteroatoms. The van der Waals surface area contributed by atoms with Crippen LogP contribution in [0, 0.1) is 5.82 Å². The second-order valence-corrected chi connectivity index (χ2v) is 3.92. The molecule has 0 aliphatic carbocycles. The summed E-state index contributed by atoms with van der Waals surface area (Å²) in [4.78, 5) is 11.2. The molecule has 0 spiro atoms. The topological polar surface area (TPSA) is 17.1 Å². The van der Waals surface area contributed by atoms with E-state index in [0.29, 0.717) is 0 Å². The molecule has 0 aliphatic heterocycles. The Labute approximate surface area is 100 Å². The zero-order valence-electron chi connectivity index (χ0n) is 8.65. The van der Waals surface area contributed by atoms with E-state index in [2.05, 4.69) is 0 Å². The van der Waals surface area contributed by atoms with E-state index in [1.807, 2.05) is 0 Å². The molecule has 0 saturated heterocycles. The molecule has 0 amide bonds. The number of hydrogen-bond acceptors (Lipinski definition) is 1. The summed E-state index contributed by atoms with van der Waals surface area (Å²) in [7, 11) is 0. The largest absolute Gasteiger partial charge is 0.389 e. The molecule has 1 aromatic rings. The quantitative estimate of drug-likeness (QED) is 0.756. The number of rotatable bonds is 4. The van der Waals surface area contributed by atoms with E-state index in [9.17, 15) is 22.4 Å². The molecule has 0 aromatic heterocycles. The van der Waals surface area contributed by atoms with E-state index in [1.165, 1.54) is 12.1 Å². The van der Waals surface area contributed by atoms with Gasteiger partial charge in [-0.05, 0) is 11.6 Å². The number of alkyl halides is 3. The summed E-state index contributed by atoms with van der Waals surface area (Å²) in [5, 5.41) is -0.215. The van der Waals surface area contributed by atoms with Crippen LogP contribution in [0.25, 0.3) is 0 Å². The minimum absolute atomic E-state index is 0.207. The Morgan fingerprint density at radius 3 is 2.53 bits per heavy atom. The van der Waals surface area contributed by atoms with E-state index in [-0.39, 0.29) is 17.0 Å². The van der Waals surface area contributed by atoms with Crippen molar-refractivity contribution in [3.05, 3.63) is 34.6 Å². The number of carbonyl (C=O) groups excluding carboxylic acids is 1. The second-order valence-electron chi connectivity index (χ2n) is 3.54. The van der Waals surface area contributed by atoms with Crippen molar-refractivity contribution in [1.82, 2.24) is 0 Å². The molecule has 0 unspecified atom stereocenters. The Morgan fingerprint density at radius 1 is 1.29 bits per heavy atom. The lowest BCUT2D eigenvalue weighted by molar-refractivity contribution is -0.143. The lowest BCUT2D eigenvalue weighted by atomic mass is 10.1. The smallest absolute Gasteiger partial charge is 0.299 e. The number of ketones is 1. The fraction of sp³-hybridized carbons (Fsp3) is 0.364. The van der Waals surface area contributed by atoms with Crippen molar-refractivity contribution in [3.63, 3.8) is 0 Å². The molecule has 0 radical (unpaired) electrons. The standard InChI is InChI=1S/C11H9ClF4O/c12-10-7(2-1-3-9(10)13)6-8(17)4-5-11(14,15)16/h1-3H,4-6H2. The van der Waals surface area contributed by atoms with Gasteiger partial charge in [0.25, 0.3) is 0 Å². The Hall–Kier alpha value is -1.10. The fourth-order valence-electron chi connectivity index (χ4n) is 1.27. The first-order valence-electron chi connectivity index (χ1n) is 4.81. The highest BCUT2D eigenvalue weighted by molar-refractivity contribution is 6.31. The molecule has 0 heterocycles. The molecule has 0 atom stereocenters. The minimum atomic E-state index is -4.36. The molecule has 0 bridgehead atoms. The van der Waals surface area contributed by atoms with Gasteiger partial charge in [0.2, 0.25) is 0 Å². The first kappa shape index (κ1) is 14.0. The van der Waals surface area contributed by atoms with Gasteiger partial charge >= 0.3 is 6.18 Å². The molecule has 0 N–H and O–H groups in total. The lowest BCUT2D eigenvalue weighted by Crippen LogP contribution is -2.12. The van der Waals surface area contributed by atoms with Gasteiger partial charge in [0.1, 0.15) is 11.6 Å². The van der Waals surface area contributed by atoms with E-state index in [1.54, 1.807) is 0 Å². The Morgan fingerprint density at radius 2 is 1.94 bits per heavy atom. The third-order valence-corrected chi connectivity index (χ3v) is 2.53. The molecule has 94 valence electrons. The van der Waals surface area contributed by atoms with Crippen molar-refractivity contribution in [3.8, 4) is 0 Å². The summed E-state index contributed by atoms with van der Waals surface area (Å²) in [6.07, 6.45) is -6.43. The Bertz CT molecular complexity index is 414. The van der Waals surface area contributed by atoms with Crippen LogP contribution < -0.4 is 0 Å². The zero-order chi connectivity index (χ0) is 13.1. The van der Waals surface area contributed by atoms with Gasteiger partial charge in [-0.25, -0.2) is 4.39 Å². The summed E-state index contributed by atoms with van der Waals surface area (Å²) >= 11 is 5.58. The maximum atomic E-state index is 13.0. The first-order valence-corrected chi connectivity index (χ1v) is 5.19. The average molecular weight is 269 g/mol.